The van der Waals surface area contributed by atoms with Crippen LogP contribution in [0, 0.1) is 0 Å². The van der Waals surface area contributed by atoms with E-state index in [-0.39, 0.29) is 12.0 Å². The first-order chi connectivity index (χ1) is 11.3. The van der Waals surface area contributed by atoms with Crippen molar-refractivity contribution in [2.75, 3.05) is 6.54 Å². The van der Waals surface area contributed by atoms with Crippen molar-refractivity contribution >= 4 is 5.91 Å². The van der Waals surface area contributed by atoms with Crippen LogP contribution in [0.3, 0.4) is 0 Å². The number of rotatable bonds is 5. The molecular weight excluding hydrogens is 290 g/mol. The number of carbonyl (C=O) groups excluding carboxylic acids is 1. The highest BCUT2D eigenvalue weighted by atomic mass is 16.5. The predicted molar refractivity (Wildman–Crippen MR) is 87.6 cm³/mol. The quantitative estimate of drug-likeness (QED) is 0.852. The van der Waals surface area contributed by atoms with Gasteiger partial charge < -0.3 is 14.2 Å². The minimum absolute atomic E-state index is 0.00220. The van der Waals surface area contributed by atoms with Gasteiger partial charge in [-0.1, -0.05) is 6.92 Å². The van der Waals surface area contributed by atoms with E-state index in [9.17, 15) is 4.79 Å². The number of fused-ring (bicyclic) bond motifs is 1. The number of ether oxygens (including phenoxy) is 1. The summed E-state index contributed by atoms with van der Waals surface area (Å²) in [6, 6.07) is 8.02. The first-order valence-corrected chi connectivity index (χ1v) is 8.18. The molecule has 1 amide bonds. The van der Waals surface area contributed by atoms with Gasteiger partial charge in [0, 0.05) is 37.3 Å². The van der Waals surface area contributed by atoms with Crippen LogP contribution in [0.1, 0.15) is 31.0 Å². The van der Waals surface area contributed by atoms with Gasteiger partial charge in [-0.25, -0.2) is 0 Å². The number of carbonyl (C=O) groups is 1. The minimum Gasteiger partial charge on any atom is -0.370 e. The largest absolute Gasteiger partial charge is 0.370 e. The normalized spacial score (nSPS) is 17.6. The smallest absolute Gasteiger partial charge is 0.222 e. The summed E-state index contributed by atoms with van der Waals surface area (Å²) in [7, 11) is 0. The molecule has 3 rings (SSSR count). The molecule has 2 aromatic rings. The van der Waals surface area contributed by atoms with Gasteiger partial charge in [0.1, 0.15) is 0 Å². The Hall–Kier alpha value is -2.14. The van der Waals surface area contributed by atoms with Crippen LogP contribution in [0.4, 0.5) is 0 Å². The molecule has 0 unspecified atom stereocenters. The zero-order chi connectivity index (χ0) is 16.1. The summed E-state index contributed by atoms with van der Waals surface area (Å²) < 4.78 is 8.28. The van der Waals surface area contributed by atoms with E-state index in [0.717, 1.165) is 18.5 Å². The van der Waals surface area contributed by atoms with Crippen molar-refractivity contribution in [1.82, 2.24) is 14.5 Å². The number of hydrogen-bond donors (Lipinski definition) is 0. The number of amides is 1. The summed E-state index contributed by atoms with van der Waals surface area (Å²) in [6.45, 7) is 4.67. The summed E-state index contributed by atoms with van der Waals surface area (Å²) in [5, 5.41) is 0. The van der Waals surface area contributed by atoms with Gasteiger partial charge >= 0.3 is 0 Å². The molecule has 0 N–H and O–H groups in total. The third kappa shape index (κ3) is 3.99. The number of nitrogens with zero attached hydrogens (tertiary/aromatic N) is 3. The van der Waals surface area contributed by atoms with E-state index in [1.165, 1.54) is 5.69 Å². The van der Waals surface area contributed by atoms with Crippen LogP contribution >= 0.6 is 0 Å². The Bertz CT molecular complexity index is 639. The molecule has 0 radical (unpaired) electrons. The lowest BCUT2D eigenvalue weighted by molar-refractivity contribution is -0.133. The maximum absolute atomic E-state index is 12.4. The number of pyridine rings is 1. The monoisotopic (exact) mass is 313 g/mol. The maximum Gasteiger partial charge on any atom is 0.222 e. The van der Waals surface area contributed by atoms with E-state index in [4.69, 9.17) is 4.74 Å². The molecule has 1 atom stereocenters. The summed E-state index contributed by atoms with van der Waals surface area (Å²) >= 11 is 0. The lowest BCUT2D eigenvalue weighted by atomic mass is 10.2. The first-order valence-electron chi connectivity index (χ1n) is 8.18. The summed E-state index contributed by atoms with van der Waals surface area (Å²) in [5.74, 6) is 0.208. The first kappa shape index (κ1) is 15.7. The highest BCUT2D eigenvalue weighted by Gasteiger charge is 2.24. The van der Waals surface area contributed by atoms with Crippen molar-refractivity contribution in [2.45, 2.75) is 45.6 Å². The maximum atomic E-state index is 12.4. The van der Waals surface area contributed by atoms with Gasteiger partial charge in [-0.2, -0.15) is 0 Å². The topological polar surface area (TPSA) is 47.4 Å². The molecule has 122 valence electrons. The Balaban J connectivity index is 1.70. The van der Waals surface area contributed by atoms with Crippen molar-refractivity contribution in [3.05, 3.63) is 54.1 Å². The van der Waals surface area contributed by atoms with Gasteiger partial charge in [0.2, 0.25) is 5.91 Å². The Morgan fingerprint density at radius 3 is 2.91 bits per heavy atom. The van der Waals surface area contributed by atoms with Crippen LogP contribution < -0.4 is 0 Å². The molecule has 0 spiro atoms. The summed E-state index contributed by atoms with van der Waals surface area (Å²) in [5.41, 5.74) is 2.27. The minimum atomic E-state index is -0.00220. The third-order valence-electron chi connectivity index (χ3n) is 4.15. The summed E-state index contributed by atoms with van der Waals surface area (Å²) in [6.07, 6.45) is 7.07. The van der Waals surface area contributed by atoms with Crippen molar-refractivity contribution in [2.24, 2.45) is 0 Å². The van der Waals surface area contributed by atoms with Gasteiger partial charge in [-0.3, -0.25) is 9.78 Å². The molecule has 3 heterocycles. The molecule has 0 saturated heterocycles. The van der Waals surface area contributed by atoms with Crippen molar-refractivity contribution in [3.63, 3.8) is 0 Å². The Morgan fingerprint density at radius 1 is 1.30 bits per heavy atom. The van der Waals surface area contributed by atoms with Gasteiger partial charge in [0.05, 0.1) is 25.8 Å². The molecule has 0 saturated carbocycles. The van der Waals surface area contributed by atoms with Crippen LogP contribution in [0.5, 0.6) is 0 Å². The standard InChI is InChI=1S/C18H23N3O2/c1-2-4-18(22)21-11-16-5-3-10-20(16)12-17(13-21)23-14-15-6-8-19-9-7-15/h3,5-10,17H,2,4,11-14H2,1H3/t17-/m0/s1. The van der Waals surface area contributed by atoms with E-state index in [1.807, 2.05) is 30.0 Å². The van der Waals surface area contributed by atoms with Crippen molar-refractivity contribution in [1.29, 1.82) is 0 Å². The zero-order valence-electron chi connectivity index (χ0n) is 13.5. The van der Waals surface area contributed by atoms with Crippen molar-refractivity contribution in [3.8, 4) is 0 Å². The molecule has 0 aliphatic carbocycles. The molecule has 5 nitrogen and oxygen atoms in total. The summed E-state index contributed by atoms with van der Waals surface area (Å²) in [4.78, 5) is 18.3. The van der Waals surface area contributed by atoms with E-state index in [1.54, 1.807) is 12.4 Å². The average Bonchev–Trinajstić information content (AvgIpc) is 2.92. The van der Waals surface area contributed by atoms with Gasteiger partial charge in [-0.15, -0.1) is 0 Å². The molecule has 5 heteroatoms. The number of aromatic nitrogens is 2. The van der Waals surface area contributed by atoms with Gasteiger partial charge in [-0.05, 0) is 36.2 Å². The van der Waals surface area contributed by atoms with Crippen LogP contribution in [0.2, 0.25) is 0 Å². The van der Waals surface area contributed by atoms with E-state index >= 15 is 0 Å². The molecule has 1 aliphatic heterocycles. The molecular formula is C18H23N3O2. The van der Waals surface area contributed by atoms with E-state index < -0.39 is 0 Å². The second-order valence-corrected chi connectivity index (χ2v) is 5.96. The van der Waals surface area contributed by atoms with E-state index in [0.29, 0.717) is 26.1 Å². The second-order valence-electron chi connectivity index (χ2n) is 5.96. The SMILES string of the molecule is CCCC(=O)N1Cc2cccn2C[C@H](OCc2ccncc2)C1. The Labute approximate surface area is 136 Å². The lowest BCUT2D eigenvalue weighted by Gasteiger charge is -2.24. The molecule has 0 aromatic carbocycles. The van der Waals surface area contributed by atoms with E-state index in [2.05, 4.69) is 21.8 Å². The lowest BCUT2D eigenvalue weighted by Crippen LogP contribution is -2.37. The fraction of sp³-hybridized carbons (Fsp3) is 0.444. The Kier molecular flexibility index (Phi) is 5.08. The van der Waals surface area contributed by atoms with Crippen LogP contribution in [-0.4, -0.2) is 33.0 Å². The number of hydrogen-bond acceptors (Lipinski definition) is 3. The van der Waals surface area contributed by atoms with Gasteiger partial charge in [0.15, 0.2) is 0 Å². The van der Waals surface area contributed by atoms with Crippen molar-refractivity contribution < 1.29 is 9.53 Å². The highest BCUT2D eigenvalue weighted by Crippen LogP contribution is 2.17. The van der Waals surface area contributed by atoms with Crippen LogP contribution in [0.15, 0.2) is 42.9 Å². The zero-order valence-corrected chi connectivity index (χ0v) is 13.5. The average molecular weight is 313 g/mol. The van der Waals surface area contributed by atoms with Crippen LogP contribution in [0.25, 0.3) is 0 Å². The van der Waals surface area contributed by atoms with Crippen LogP contribution in [-0.2, 0) is 29.2 Å². The fourth-order valence-corrected chi connectivity index (χ4v) is 2.91. The molecule has 1 aliphatic rings. The predicted octanol–water partition coefficient (Wildman–Crippen LogP) is 2.61. The van der Waals surface area contributed by atoms with Gasteiger partial charge in [0.25, 0.3) is 0 Å². The molecule has 0 fully saturated rings. The third-order valence-corrected chi connectivity index (χ3v) is 4.15. The second kappa shape index (κ2) is 7.42. The molecule has 0 bridgehead atoms. The fourth-order valence-electron chi connectivity index (χ4n) is 2.91. The highest BCUT2D eigenvalue weighted by molar-refractivity contribution is 5.76. The molecule has 23 heavy (non-hydrogen) atoms. The Morgan fingerprint density at radius 2 is 2.13 bits per heavy atom. The molecule has 2 aromatic heterocycles.